The van der Waals surface area contributed by atoms with Crippen LogP contribution in [0.1, 0.15) is 12.8 Å². The van der Waals surface area contributed by atoms with E-state index in [2.05, 4.69) is 16.8 Å². The van der Waals surface area contributed by atoms with Gasteiger partial charge in [-0.15, -0.1) is 0 Å². The molecule has 2 fully saturated rings. The fraction of sp³-hybridized carbons (Fsp3) is 0.917. The Bertz CT molecular complexity index is 255. The Morgan fingerprint density at radius 2 is 1.71 bits per heavy atom. The number of hydrogen-bond donors (Lipinski definition) is 1. The summed E-state index contributed by atoms with van der Waals surface area (Å²) in [6.07, 6.45) is 2.21. The maximum absolute atomic E-state index is 11.5. The molecule has 1 amide bonds. The van der Waals surface area contributed by atoms with Crippen LogP contribution in [0.5, 0.6) is 0 Å². The molecule has 2 N–H and O–H groups in total. The molecule has 0 aromatic rings. The molecule has 2 heterocycles. The number of carbonyl (C=O) groups excluding carboxylic acids is 1. The van der Waals surface area contributed by atoms with E-state index in [-0.39, 0.29) is 12.5 Å². The quantitative estimate of drug-likeness (QED) is 0.685. The van der Waals surface area contributed by atoms with Crippen LogP contribution in [0, 0.1) is 0 Å². The molecule has 0 aliphatic carbocycles. The largest absolute Gasteiger partial charge is 0.341 e. The normalized spacial score (nSPS) is 25.2. The Balaban J connectivity index is 1.77. The zero-order valence-corrected chi connectivity index (χ0v) is 10.8. The minimum atomic E-state index is 0.0989. The SMILES string of the molecule is CN1CCN(C2CCN(C(=O)CN)CC2)CC1. The van der Waals surface area contributed by atoms with Gasteiger partial charge in [0, 0.05) is 45.3 Å². The third-order valence-electron chi connectivity index (χ3n) is 4.05. The second-order valence-corrected chi connectivity index (χ2v) is 5.16. The first-order valence-corrected chi connectivity index (χ1v) is 6.61. The maximum atomic E-state index is 11.5. The highest BCUT2D eigenvalue weighted by atomic mass is 16.2. The summed E-state index contributed by atoms with van der Waals surface area (Å²) < 4.78 is 0. The first kappa shape index (κ1) is 12.8. The molecule has 5 nitrogen and oxygen atoms in total. The average molecular weight is 240 g/mol. The molecule has 2 saturated heterocycles. The highest BCUT2D eigenvalue weighted by Gasteiger charge is 2.27. The van der Waals surface area contributed by atoms with Gasteiger partial charge in [0.25, 0.3) is 0 Å². The van der Waals surface area contributed by atoms with Crippen molar-refractivity contribution in [1.29, 1.82) is 0 Å². The molecule has 5 heteroatoms. The van der Waals surface area contributed by atoms with Crippen LogP contribution in [0.2, 0.25) is 0 Å². The van der Waals surface area contributed by atoms with Crippen molar-refractivity contribution in [2.24, 2.45) is 5.73 Å². The van der Waals surface area contributed by atoms with Crippen LogP contribution in [0.25, 0.3) is 0 Å². The smallest absolute Gasteiger partial charge is 0.236 e. The number of nitrogens with zero attached hydrogens (tertiary/aromatic N) is 3. The van der Waals surface area contributed by atoms with Crippen molar-refractivity contribution in [3.63, 3.8) is 0 Å². The molecule has 0 radical (unpaired) electrons. The van der Waals surface area contributed by atoms with Crippen molar-refractivity contribution in [1.82, 2.24) is 14.7 Å². The Kier molecular flexibility index (Phi) is 4.36. The van der Waals surface area contributed by atoms with E-state index >= 15 is 0 Å². The molecule has 17 heavy (non-hydrogen) atoms. The Morgan fingerprint density at radius 1 is 1.12 bits per heavy atom. The standard InChI is InChI=1S/C12H24N4O/c1-14-6-8-15(9-7-14)11-2-4-16(5-3-11)12(17)10-13/h11H,2-10,13H2,1H3. The van der Waals surface area contributed by atoms with Gasteiger partial charge in [-0.2, -0.15) is 0 Å². The summed E-state index contributed by atoms with van der Waals surface area (Å²) in [6, 6.07) is 0.672. The van der Waals surface area contributed by atoms with Gasteiger partial charge in [-0.1, -0.05) is 0 Å². The maximum Gasteiger partial charge on any atom is 0.236 e. The van der Waals surface area contributed by atoms with E-state index in [0.717, 1.165) is 25.9 Å². The Labute approximate surface area is 104 Å². The van der Waals surface area contributed by atoms with Gasteiger partial charge in [0.1, 0.15) is 0 Å². The molecule has 0 unspecified atom stereocenters. The van der Waals surface area contributed by atoms with Gasteiger partial charge < -0.3 is 15.5 Å². The van der Waals surface area contributed by atoms with Gasteiger partial charge >= 0.3 is 0 Å². The first-order chi connectivity index (χ1) is 8.20. The second-order valence-electron chi connectivity index (χ2n) is 5.16. The van der Waals surface area contributed by atoms with Gasteiger partial charge in [0.05, 0.1) is 6.54 Å². The molecule has 0 bridgehead atoms. The van der Waals surface area contributed by atoms with E-state index in [1.165, 1.54) is 26.2 Å². The molecule has 2 aliphatic heterocycles. The van der Waals surface area contributed by atoms with Crippen LogP contribution in [0.4, 0.5) is 0 Å². The summed E-state index contributed by atoms with van der Waals surface area (Å²) in [6.45, 7) is 6.60. The third kappa shape index (κ3) is 3.18. The number of amides is 1. The molecule has 98 valence electrons. The number of nitrogens with two attached hydrogens (primary N) is 1. The summed E-state index contributed by atoms with van der Waals surface area (Å²) >= 11 is 0. The molecule has 2 rings (SSSR count). The number of piperazine rings is 1. The fourth-order valence-corrected chi connectivity index (χ4v) is 2.80. The summed E-state index contributed by atoms with van der Waals surface area (Å²) in [5.74, 6) is 0.0989. The van der Waals surface area contributed by atoms with E-state index in [0.29, 0.717) is 6.04 Å². The van der Waals surface area contributed by atoms with Crippen LogP contribution in [0.3, 0.4) is 0 Å². The topological polar surface area (TPSA) is 52.8 Å². The lowest BCUT2D eigenvalue weighted by molar-refractivity contribution is -0.131. The van der Waals surface area contributed by atoms with Crippen LogP contribution in [-0.2, 0) is 4.79 Å². The molecule has 0 aromatic carbocycles. The Morgan fingerprint density at radius 3 is 2.24 bits per heavy atom. The minimum Gasteiger partial charge on any atom is -0.341 e. The lowest BCUT2D eigenvalue weighted by Crippen LogP contribution is -2.53. The summed E-state index contributed by atoms with van der Waals surface area (Å²) in [5.41, 5.74) is 5.39. The summed E-state index contributed by atoms with van der Waals surface area (Å²) in [4.78, 5) is 18.3. The second kappa shape index (κ2) is 5.80. The van der Waals surface area contributed by atoms with E-state index in [4.69, 9.17) is 5.73 Å². The Hall–Kier alpha value is -0.650. The minimum absolute atomic E-state index is 0.0989. The fourth-order valence-electron chi connectivity index (χ4n) is 2.80. The van der Waals surface area contributed by atoms with E-state index in [1.54, 1.807) is 0 Å². The number of rotatable bonds is 2. The van der Waals surface area contributed by atoms with E-state index < -0.39 is 0 Å². The number of carbonyl (C=O) groups is 1. The number of likely N-dealkylation sites (N-methyl/N-ethyl adjacent to an activating group) is 1. The van der Waals surface area contributed by atoms with E-state index in [1.807, 2.05) is 4.90 Å². The van der Waals surface area contributed by atoms with Crippen molar-refractivity contribution < 1.29 is 4.79 Å². The molecule has 0 atom stereocenters. The van der Waals surface area contributed by atoms with Crippen LogP contribution in [0.15, 0.2) is 0 Å². The van der Waals surface area contributed by atoms with E-state index in [9.17, 15) is 4.79 Å². The zero-order valence-electron chi connectivity index (χ0n) is 10.8. The van der Waals surface area contributed by atoms with Crippen LogP contribution < -0.4 is 5.73 Å². The van der Waals surface area contributed by atoms with Gasteiger partial charge in [0.2, 0.25) is 5.91 Å². The van der Waals surface area contributed by atoms with Gasteiger partial charge in [0.15, 0.2) is 0 Å². The molecular formula is C12H24N4O. The first-order valence-electron chi connectivity index (χ1n) is 6.61. The molecular weight excluding hydrogens is 216 g/mol. The van der Waals surface area contributed by atoms with Crippen molar-refractivity contribution in [2.45, 2.75) is 18.9 Å². The van der Waals surface area contributed by atoms with Crippen molar-refractivity contribution in [3.8, 4) is 0 Å². The number of piperidine rings is 1. The average Bonchev–Trinajstić information content (AvgIpc) is 2.39. The number of likely N-dealkylation sites (tertiary alicyclic amines) is 1. The predicted molar refractivity (Wildman–Crippen MR) is 67.7 cm³/mol. The van der Waals surface area contributed by atoms with Crippen LogP contribution >= 0.6 is 0 Å². The molecule has 2 aliphatic rings. The van der Waals surface area contributed by atoms with Crippen LogP contribution in [-0.4, -0.2) is 79.5 Å². The highest BCUT2D eigenvalue weighted by molar-refractivity contribution is 5.78. The summed E-state index contributed by atoms with van der Waals surface area (Å²) in [5, 5.41) is 0. The van der Waals surface area contributed by atoms with Crippen molar-refractivity contribution in [3.05, 3.63) is 0 Å². The number of hydrogen-bond acceptors (Lipinski definition) is 4. The highest BCUT2D eigenvalue weighted by Crippen LogP contribution is 2.17. The van der Waals surface area contributed by atoms with Crippen molar-refractivity contribution in [2.75, 3.05) is 52.9 Å². The van der Waals surface area contributed by atoms with Gasteiger partial charge in [-0.05, 0) is 19.9 Å². The lowest BCUT2D eigenvalue weighted by Gasteiger charge is -2.42. The molecule has 0 spiro atoms. The monoisotopic (exact) mass is 240 g/mol. The zero-order chi connectivity index (χ0) is 12.3. The lowest BCUT2D eigenvalue weighted by atomic mass is 10.0. The summed E-state index contributed by atoms with van der Waals surface area (Å²) in [7, 11) is 2.18. The molecule has 0 aromatic heterocycles. The van der Waals surface area contributed by atoms with Crippen molar-refractivity contribution >= 4 is 5.91 Å². The third-order valence-corrected chi connectivity index (χ3v) is 4.05. The predicted octanol–water partition coefficient (Wildman–Crippen LogP) is -0.816. The molecule has 0 saturated carbocycles. The van der Waals surface area contributed by atoms with Gasteiger partial charge in [-0.25, -0.2) is 0 Å². The van der Waals surface area contributed by atoms with Gasteiger partial charge in [-0.3, -0.25) is 9.69 Å².